The molecule has 1 aromatic carbocycles. The SMILES string of the molecule is COc1ccc(F)c(NC2(CN)CC(C)CCC2C)c1. The summed E-state index contributed by atoms with van der Waals surface area (Å²) in [4.78, 5) is 0. The van der Waals surface area contributed by atoms with E-state index in [1.807, 2.05) is 0 Å². The summed E-state index contributed by atoms with van der Waals surface area (Å²) in [6.07, 6.45) is 3.31. The van der Waals surface area contributed by atoms with Crippen molar-refractivity contribution in [1.29, 1.82) is 0 Å². The Bertz CT molecular complexity index is 466. The monoisotopic (exact) mass is 280 g/mol. The topological polar surface area (TPSA) is 47.3 Å². The average molecular weight is 280 g/mol. The van der Waals surface area contributed by atoms with E-state index in [4.69, 9.17) is 10.5 Å². The molecule has 0 saturated heterocycles. The Morgan fingerprint density at radius 1 is 1.40 bits per heavy atom. The second-order valence-electron chi connectivity index (χ2n) is 6.12. The zero-order valence-corrected chi connectivity index (χ0v) is 12.6. The molecule has 4 heteroatoms. The lowest BCUT2D eigenvalue weighted by molar-refractivity contribution is 0.187. The number of halogens is 1. The Balaban J connectivity index is 2.29. The third-order valence-electron chi connectivity index (χ3n) is 4.67. The first kappa shape index (κ1) is 15.1. The highest BCUT2D eigenvalue weighted by molar-refractivity contribution is 5.52. The first-order valence-electron chi connectivity index (χ1n) is 7.32. The molecule has 3 N–H and O–H groups in total. The third-order valence-corrected chi connectivity index (χ3v) is 4.67. The molecular formula is C16H25FN2O. The van der Waals surface area contributed by atoms with Gasteiger partial charge < -0.3 is 15.8 Å². The van der Waals surface area contributed by atoms with Gasteiger partial charge in [0.1, 0.15) is 11.6 Å². The van der Waals surface area contributed by atoms with Gasteiger partial charge in [0.25, 0.3) is 0 Å². The Hall–Kier alpha value is -1.29. The summed E-state index contributed by atoms with van der Waals surface area (Å²) in [7, 11) is 1.58. The van der Waals surface area contributed by atoms with Crippen LogP contribution in [0, 0.1) is 17.7 Å². The molecule has 2 rings (SSSR count). The maximum atomic E-state index is 14.0. The van der Waals surface area contributed by atoms with Crippen LogP contribution in [0.2, 0.25) is 0 Å². The van der Waals surface area contributed by atoms with Gasteiger partial charge in [0.15, 0.2) is 0 Å². The summed E-state index contributed by atoms with van der Waals surface area (Å²) in [6.45, 7) is 4.94. The van der Waals surface area contributed by atoms with E-state index in [1.165, 1.54) is 12.5 Å². The number of anilines is 1. The average Bonchev–Trinajstić information content (AvgIpc) is 2.45. The summed E-state index contributed by atoms with van der Waals surface area (Å²) in [5.41, 5.74) is 6.29. The minimum Gasteiger partial charge on any atom is -0.497 e. The first-order valence-corrected chi connectivity index (χ1v) is 7.32. The highest BCUT2D eigenvalue weighted by Crippen LogP contribution is 2.39. The standard InChI is InChI=1S/C16H25FN2O/c1-11-4-5-12(2)16(9-11,10-18)19-15-8-13(20-3)6-7-14(15)17/h6-8,11-12,19H,4-5,9-10,18H2,1-3H3. The largest absolute Gasteiger partial charge is 0.497 e. The molecular weight excluding hydrogens is 255 g/mol. The van der Waals surface area contributed by atoms with Gasteiger partial charge in [-0.1, -0.05) is 20.3 Å². The van der Waals surface area contributed by atoms with Gasteiger partial charge in [0.2, 0.25) is 0 Å². The Kier molecular flexibility index (Phi) is 4.53. The van der Waals surface area contributed by atoms with E-state index >= 15 is 0 Å². The molecule has 1 aliphatic rings. The van der Waals surface area contributed by atoms with Crippen LogP contribution >= 0.6 is 0 Å². The van der Waals surface area contributed by atoms with E-state index in [-0.39, 0.29) is 11.4 Å². The first-order chi connectivity index (χ1) is 9.50. The fourth-order valence-electron chi connectivity index (χ4n) is 3.24. The summed E-state index contributed by atoms with van der Waals surface area (Å²) < 4.78 is 19.2. The van der Waals surface area contributed by atoms with Gasteiger partial charge in [-0.05, 0) is 36.8 Å². The van der Waals surface area contributed by atoms with Gasteiger partial charge in [0.05, 0.1) is 18.3 Å². The van der Waals surface area contributed by atoms with Crippen molar-refractivity contribution in [2.45, 2.75) is 38.6 Å². The second-order valence-corrected chi connectivity index (χ2v) is 6.12. The van der Waals surface area contributed by atoms with E-state index in [2.05, 4.69) is 19.2 Å². The van der Waals surface area contributed by atoms with Crippen molar-refractivity contribution in [2.24, 2.45) is 17.6 Å². The van der Waals surface area contributed by atoms with Crippen LogP contribution in [0.15, 0.2) is 18.2 Å². The summed E-state index contributed by atoms with van der Waals surface area (Å²) >= 11 is 0. The molecule has 0 bridgehead atoms. The molecule has 0 radical (unpaired) electrons. The van der Waals surface area contributed by atoms with E-state index in [1.54, 1.807) is 19.2 Å². The Morgan fingerprint density at radius 2 is 2.15 bits per heavy atom. The Labute approximate surface area is 120 Å². The quantitative estimate of drug-likeness (QED) is 0.888. The molecule has 3 unspecified atom stereocenters. The minimum absolute atomic E-state index is 0.231. The molecule has 1 fully saturated rings. The van der Waals surface area contributed by atoms with Gasteiger partial charge in [-0.25, -0.2) is 4.39 Å². The molecule has 1 saturated carbocycles. The van der Waals surface area contributed by atoms with Crippen molar-refractivity contribution < 1.29 is 9.13 Å². The van der Waals surface area contributed by atoms with Crippen molar-refractivity contribution in [2.75, 3.05) is 19.0 Å². The Morgan fingerprint density at radius 3 is 2.80 bits per heavy atom. The highest BCUT2D eigenvalue weighted by atomic mass is 19.1. The van der Waals surface area contributed by atoms with Crippen molar-refractivity contribution in [1.82, 2.24) is 0 Å². The minimum atomic E-state index is -0.260. The lowest BCUT2D eigenvalue weighted by atomic mass is 9.69. The number of nitrogens with one attached hydrogen (secondary N) is 1. The molecule has 1 aromatic rings. The smallest absolute Gasteiger partial charge is 0.146 e. The molecule has 20 heavy (non-hydrogen) atoms. The molecule has 3 nitrogen and oxygen atoms in total. The molecule has 0 aliphatic heterocycles. The van der Waals surface area contributed by atoms with Crippen LogP contribution in [0.5, 0.6) is 5.75 Å². The van der Waals surface area contributed by atoms with E-state index in [0.717, 1.165) is 12.8 Å². The highest BCUT2D eigenvalue weighted by Gasteiger charge is 2.40. The number of hydrogen-bond donors (Lipinski definition) is 2. The molecule has 0 amide bonds. The molecule has 3 atom stereocenters. The van der Waals surface area contributed by atoms with Gasteiger partial charge in [-0.15, -0.1) is 0 Å². The maximum Gasteiger partial charge on any atom is 0.146 e. The fraction of sp³-hybridized carbons (Fsp3) is 0.625. The number of nitrogens with two attached hydrogens (primary N) is 1. The predicted octanol–water partition coefficient (Wildman–Crippen LogP) is 3.40. The van der Waals surface area contributed by atoms with Crippen LogP contribution in [0.25, 0.3) is 0 Å². The summed E-state index contributed by atoms with van der Waals surface area (Å²) in [5.74, 6) is 1.42. The van der Waals surface area contributed by atoms with E-state index < -0.39 is 0 Å². The number of benzene rings is 1. The van der Waals surface area contributed by atoms with Crippen LogP contribution in [-0.2, 0) is 0 Å². The maximum absolute atomic E-state index is 14.0. The van der Waals surface area contributed by atoms with Crippen LogP contribution in [0.3, 0.4) is 0 Å². The second kappa shape index (κ2) is 6.00. The molecule has 112 valence electrons. The van der Waals surface area contributed by atoms with Gasteiger partial charge in [-0.2, -0.15) is 0 Å². The summed E-state index contributed by atoms with van der Waals surface area (Å²) in [6, 6.07) is 4.77. The molecule has 1 aliphatic carbocycles. The molecule has 0 heterocycles. The van der Waals surface area contributed by atoms with Crippen molar-refractivity contribution in [3.63, 3.8) is 0 Å². The van der Waals surface area contributed by atoms with Crippen LogP contribution in [-0.4, -0.2) is 19.2 Å². The van der Waals surface area contributed by atoms with Crippen LogP contribution in [0.1, 0.15) is 33.1 Å². The van der Waals surface area contributed by atoms with Gasteiger partial charge in [0, 0.05) is 12.6 Å². The van der Waals surface area contributed by atoms with Gasteiger partial charge >= 0.3 is 0 Å². The normalized spacial score (nSPS) is 30.1. The van der Waals surface area contributed by atoms with Crippen molar-refractivity contribution >= 4 is 5.69 Å². The van der Waals surface area contributed by atoms with Crippen LogP contribution in [0.4, 0.5) is 10.1 Å². The fourth-order valence-corrected chi connectivity index (χ4v) is 3.24. The molecule has 0 spiro atoms. The molecule has 0 aromatic heterocycles. The lowest BCUT2D eigenvalue weighted by Gasteiger charge is -2.45. The summed E-state index contributed by atoms with van der Waals surface area (Å²) in [5, 5.41) is 3.39. The number of hydrogen-bond acceptors (Lipinski definition) is 3. The predicted molar refractivity (Wildman–Crippen MR) is 80.5 cm³/mol. The van der Waals surface area contributed by atoms with Crippen molar-refractivity contribution in [3.05, 3.63) is 24.0 Å². The zero-order chi connectivity index (χ0) is 14.8. The van der Waals surface area contributed by atoms with Crippen LogP contribution < -0.4 is 15.8 Å². The van der Waals surface area contributed by atoms with E-state index in [9.17, 15) is 4.39 Å². The van der Waals surface area contributed by atoms with E-state index in [0.29, 0.717) is 29.8 Å². The van der Waals surface area contributed by atoms with Gasteiger partial charge in [-0.3, -0.25) is 0 Å². The number of rotatable bonds is 4. The lowest BCUT2D eigenvalue weighted by Crippen LogP contribution is -2.54. The zero-order valence-electron chi connectivity index (χ0n) is 12.6. The number of methoxy groups -OCH3 is 1. The third kappa shape index (κ3) is 2.90. The number of ether oxygens (including phenoxy) is 1. The van der Waals surface area contributed by atoms with Crippen molar-refractivity contribution in [3.8, 4) is 5.75 Å².